The number of hydrogen-bond acceptors (Lipinski definition) is 5. The van der Waals surface area contributed by atoms with Gasteiger partial charge >= 0.3 is 0 Å². The molecule has 0 saturated heterocycles. The maximum absolute atomic E-state index is 6.31. The molecule has 3 aromatic rings. The number of aromatic nitrogens is 4. The van der Waals surface area contributed by atoms with Gasteiger partial charge in [-0.1, -0.05) is 11.6 Å². The number of nitrogens with two attached hydrogens (primary N) is 1. The number of hydrogen-bond donors (Lipinski definition) is 1. The molecule has 0 radical (unpaired) electrons. The number of pyridine rings is 2. The Kier molecular flexibility index (Phi) is 4.08. The molecule has 116 valence electrons. The Labute approximate surface area is 138 Å². The summed E-state index contributed by atoms with van der Waals surface area (Å²) in [6, 6.07) is 5.44. The monoisotopic (exact) mass is 326 g/mol. The van der Waals surface area contributed by atoms with Gasteiger partial charge in [-0.2, -0.15) is 5.10 Å². The highest BCUT2D eigenvalue weighted by Crippen LogP contribution is 2.23. The van der Waals surface area contributed by atoms with Gasteiger partial charge in [-0.3, -0.25) is 14.7 Å². The molecule has 0 aliphatic heterocycles. The van der Waals surface area contributed by atoms with E-state index in [1.54, 1.807) is 36.4 Å². The van der Waals surface area contributed by atoms with Crippen molar-refractivity contribution >= 4 is 40.1 Å². The molecule has 6 nitrogen and oxygen atoms in total. The molecule has 0 fully saturated rings. The molecule has 0 aliphatic rings. The van der Waals surface area contributed by atoms with E-state index in [-0.39, 0.29) is 0 Å². The number of rotatable bonds is 3. The molecule has 3 rings (SSSR count). The van der Waals surface area contributed by atoms with E-state index in [2.05, 4.69) is 20.1 Å². The van der Waals surface area contributed by atoms with Crippen LogP contribution in [0.5, 0.6) is 0 Å². The van der Waals surface area contributed by atoms with Crippen molar-refractivity contribution in [3.8, 4) is 0 Å². The summed E-state index contributed by atoms with van der Waals surface area (Å²) < 4.78 is 1.70. The normalized spacial score (nSPS) is 12.8. The average Bonchev–Trinajstić information content (AvgIpc) is 2.98. The maximum atomic E-state index is 6.31. The van der Waals surface area contributed by atoms with Gasteiger partial charge in [0.25, 0.3) is 0 Å². The van der Waals surface area contributed by atoms with Crippen LogP contribution in [0.3, 0.4) is 0 Å². The summed E-state index contributed by atoms with van der Waals surface area (Å²) in [6.07, 6.45) is 7.01. The number of aliphatic imine (C=N–C) groups is 1. The smallest absolute Gasteiger partial charge is 0.129 e. The van der Waals surface area contributed by atoms with Gasteiger partial charge in [-0.25, -0.2) is 4.98 Å². The second-order valence-electron chi connectivity index (χ2n) is 5.01. The zero-order valence-corrected chi connectivity index (χ0v) is 13.5. The lowest BCUT2D eigenvalue weighted by Crippen LogP contribution is -2.03. The first-order valence-electron chi connectivity index (χ1n) is 6.92. The summed E-state index contributed by atoms with van der Waals surface area (Å²) in [6.45, 7) is 0. The Morgan fingerprint density at radius 3 is 2.78 bits per heavy atom. The fourth-order valence-electron chi connectivity index (χ4n) is 2.27. The Morgan fingerprint density at radius 1 is 1.26 bits per heavy atom. The summed E-state index contributed by atoms with van der Waals surface area (Å²) in [7, 11) is 3.54. The van der Waals surface area contributed by atoms with Gasteiger partial charge in [0.15, 0.2) is 0 Å². The second-order valence-corrected chi connectivity index (χ2v) is 5.40. The maximum Gasteiger partial charge on any atom is 0.129 e. The van der Waals surface area contributed by atoms with Crippen molar-refractivity contribution in [3.63, 3.8) is 0 Å². The fraction of sp³-hybridized carbons (Fsp3) is 0.125. The van der Waals surface area contributed by atoms with Gasteiger partial charge in [0.2, 0.25) is 0 Å². The Bertz CT molecular complexity index is 925. The molecule has 0 aromatic carbocycles. The molecular formula is C16H15ClN6. The highest BCUT2D eigenvalue weighted by molar-refractivity contribution is 6.29. The van der Waals surface area contributed by atoms with Crippen LogP contribution in [0.15, 0.2) is 41.8 Å². The van der Waals surface area contributed by atoms with Crippen molar-refractivity contribution in [1.29, 1.82) is 0 Å². The quantitative estimate of drug-likeness (QED) is 0.592. The van der Waals surface area contributed by atoms with Crippen molar-refractivity contribution < 1.29 is 0 Å². The van der Waals surface area contributed by atoms with Crippen molar-refractivity contribution in [2.24, 2.45) is 17.8 Å². The van der Waals surface area contributed by atoms with E-state index in [1.807, 2.05) is 25.4 Å². The highest BCUT2D eigenvalue weighted by Gasteiger charge is 2.10. The second kappa shape index (κ2) is 6.18. The third kappa shape index (κ3) is 3.07. The highest BCUT2D eigenvalue weighted by atomic mass is 35.5. The standard InChI is InChI=1S/C16H15ClN6/c1-19-8-12(16(18)11-7-21-23(2)9-11)10-5-14-13(20-6-10)3-4-15(17)22-14/h3-9H,18H2,1-2H3. The van der Waals surface area contributed by atoms with Crippen molar-refractivity contribution in [2.75, 3.05) is 7.05 Å². The van der Waals surface area contributed by atoms with E-state index < -0.39 is 0 Å². The summed E-state index contributed by atoms with van der Waals surface area (Å²) in [5.74, 6) is 0. The lowest BCUT2D eigenvalue weighted by Gasteiger charge is -2.08. The van der Waals surface area contributed by atoms with E-state index >= 15 is 0 Å². The molecular weight excluding hydrogens is 312 g/mol. The molecule has 0 unspecified atom stereocenters. The molecule has 2 N–H and O–H groups in total. The van der Waals surface area contributed by atoms with Crippen LogP contribution in [0.2, 0.25) is 5.15 Å². The minimum atomic E-state index is 0.423. The summed E-state index contributed by atoms with van der Waals surface area (Å²) >= 11 is 5.96. The molecule has 3 aromatic heterocycles. The number of nitrogens with zero attached hydrogens (tertiary/aromatic N) is 5. The van der Waals surface area contributed by atoms with E-state index in [1.165, 1.54) is 0 Å². The average molecular weight is 327 g/mol. The predicted octanol–water partition coefficient (Wildman–Crippen LogP) is 2.54. The molecule has 23 heavy (non-hydrogen) atoms. The first-order chi connectivity index (χ1) is 11.1. The number of halogens is 1. The topological polar surface area (TPSA) is 82.0 Å². The van der Waals surface area contributed by atoms with Crippen LogP contribution >= 0.6 is 11.6 Å². The number of fused-ring (bicyclic) bond motifs is 1. The van der Waals surface area contributed by atoms with E-state index in [4.69, 9.17) is 17.3 Å². The Balaban J connectivity index is 2.18. The lowest BCUT2D eigenvalue weighted by atomic mass is 10.0. The molecule has 7 heteroatoms. The van der Waals surface area contributed by atoms with Crippen LogP contribution in [0, 0.1) is 0 Å². The fourth-order valence-corrected chi connectivity index (χ4v) is 2.43. The number of aryl methyl sites for hydroxylation is 1. The molecule has 3 heterocycles. The zero-order valence-electron chi connectivity index (χ0n) is 12.7. The third-order valence-corrected chi connectivity index (χ3v) is 3.59. The van der Waals surface area contributed by atoms with Crippen molar-refractivity contribution in [1.82, 2.24) is 19.7 Å². The lowest BCUT2D eigenvalue weighted by molar-refractivity contribution is 0.767. The van der Waals surface area contributed by atoms with Gasteiger partial charge in [0, 0.05) is 49.4 Å². The molecule has 0 amide bonds. The van der Waals surface area contributed by atoms with E-state index in [0.717, 1.165) is 22.2 Å². The van der Waals surface area contributed by atoms with Crippen LogP contribution in [0.1, 0.15) is 11.1 Å². The molecule has 0 atom stereocenters. The van der Waals surface area contributed by atoms with E-state index in [0.29, 0.717) is 16.4 Å². The molecule has 0 saturated carbocycles. The van der Waals surface area contributed by atoms with Gasteiger partial charge in [-0.15, -0.1) is 0 Å². The zero-order chi connectivity index (χ0) is 16.4. The van der Waals surface area contributed by atoms with Crippen LogP contribution in [0.25, 0.3) is 22.3 Å². The SMILES string of the molecule is CN=CC(=C(N)c1cnn(C)c1)c1cnc2ccc(Cl)nc2c1. The third-order valence-electron chi connectivity index (χ3n) is 3.38. The van der Waals surface area contributed by atoms with Crippen LogP contribution in [0.4, 0.5) is 0 Å². The van der Waals surface area contributed by atoms with Crippen molar-refractivity contribution in [3.05, 3.63) is 53.1 Å². The Hall–Kier alpha value is -2.73. The van der Waals surface area contributed by atoms with E-state index in [9.17, 15) is 0 Å². The first-order valence-corrected chi connectivity index (χ1v) is 7.30. The van der Waals surface area contributed by atoms with Crippen LogP contribution < -0.4 is 5.73 Å². The van der Waals surface area contributed by atoms with Gasteiger partial charge < -0.3 is 5.73 Å². The largest absolute Gasteiger partial charge is 0.398 e. The van der Waals surface area contributed by atoms with Crippen molar-refractivity contribution in [2.45, 2.75) is 0 Å². The molecule has 0 spiro atoms. The van der Waals surface area contributed by atoms with Crippen LogP contribution in [-0.4, -0.2) is 33.0 Å². The summed E-state index contributed by atoms with van der Waals surface area (Å²) in [5, 5.41) is 4.57. The molecule has 0 bridgehead atoms. The van der Waals surface area contributed by atoms with Gasteiger partial charge in [0.1, 0.15) is 5.15 Å². The first kappa shape index (κ1) is 15.2. The summed E-state index contributed by atoms with van der Waals surface area (Å²) in [5.41, 5.74) is 10.8. The van der Waals surface area contributed by atoms with Crippen LogP contribution in [-0.2, 0) is 7.05 Å². The predicted molar refractivity (Wildman–Crippen MR) is 93.2 cm³/mol. The minimum absolute atomic E-state index is 0.423. The summed E-state index contributed by atoms with van der Waals surface area (Å²) in [4.78, 5) is 12.8. The molecule has 0 aliphatic carbocycles. The minimum Gasteiger partial charge on any atom is -0.398 e. The Morgan fingerprint density at radius 2 is 2.09 bits per heavy atom. The van der Waals surface area contributed by atoms with Gasteiger partial charge in [-0.05, 0) is 18.2 Å². The van der Waals surface area contributed by atoms with Gasteiger partial charge in [0.05, 0.1) is 22.9 Å². The number of allylic oxidation sites excluding steroid dienone is 1.